The summed E-state index contributed by atoms with van der Waals surface area (Å²) in [6, 6.07) is 7.76. The van der Waals surface area contributed by atoms with Crippen LogP contribution in [0.2, 0.25) is 5.02 Å². The predicted molar refractivity (Wildman–Crippen MR) is 92.4 cm³/mol. The zero-order chi connectivity index (χ0) is 16.2. The number of thioether (sulfide) groups is 1. The van der Waals surface area contributed by atoms with E-state index in [1.165, 1.54) is 0 Å². The van der Waals surface area contributed by atoms with Crippen molar-refractivity contribution in [3.63, 3.8) is 0 Å². The Morgan fingerprint density at radius 2 is 2.30 bits per heavy atom. The molecule has 0 aliphatic carbocycles. The lowest BCUT2D eigenvalue weighted by Crippen LogP contribution is -2.32. The maximum absolute atomic E-state index is 12.5. The van der Waals surface area contributed by atoms with E-state index in [2.05, 4.69) is 15.2 Å². The minimum Gasteiger partial charge on any atom is -0.332 e. The molecule has 23 heavy (non-hydrogen) atoms. The Balaban J connectivity index is 1.56. The molecule has 1 amide bonds. The van der Waals surface area contributed by atoms with E-state index in [0.717, 1.165) is 47.4 Å². The van der Waals surface area contributed by atoms with Crippen LogP contribution in [-0.2, 0) is 10.5 Å². The minimum atomic E-state index is 0.00774. The number of aromatic nitrogens is 3. The molecular formula is C16H19ClN4OS. The first-order chi connectivity index (χ1) is 11.1. The molecule has 3 rings (SSSR count). The molecule has 1 saturated heterocycles. The molecule has 0 radical (unpaired) electrons. The van der Waals surface area contributed by atoms with Crippen LogP contribution in [0.4, 0.5) is 0 Å². The fourth-order valence-electron chi connectivity index (χ4n) is 2.79. The number of hydrogen-bond acceptors (Lipinski definition) is 4. The molecule has 0 bridgehead atoms. The number of nitrogens with one attached hydrogen (secondary N) is 1. The molecule has 0 unspecified atom stereocenters. The number of amides is 1. The number of aromatic amines is 1. The molecular weight excluding hydrogens is 332 g/mol. The second kappa shape index (κ2) is 7.36. The van der Waals surface area contributed by atoms with Crippen molar-refractivity contribution in [2.75, 3.05) is 12.3 Å². The first kappa shape index (κ1) is 16.3. The third-order valence-electron chi connectivity index (χ3n) is 3.93. The number of hydrogen-bond donors (Lipinski definition) is 1. The summed E-state index contributed by atoms with van der Waals surface area (Å²) >= 11 is 7.74. The third-order valence-corrected chi connectivity index (χ3v) is 5.26. The second-order valence-corrected chi connectivity index (χ2v) is 7.00. The molecule has 7 heteroatoms. The second-order valence-electron chi connectivity index (χ2n) is 5.61. The molecule has 1 aliphatic rings. The van der Waals surface area contributed by atoms with Gasteiger partial charge in [-0.2, -0.15) is 5.10 Å². The van der Waals surface area contributed by atoms with Crippen LogP contribution in [0.3, 0.4) is 0 Å². The number of likely N-dealkylation sites (tertiary alicyclic amines) is 1. The topological polar surface area (TPSA) is 61.9 Å². The molecule has 2 heterocycles. The van der Waals surface area contributed by atoms with Crippen molar-refractivity contribution < 1.29 is 4.79 Å². The summed E-state index contributed by atoms with van der Waals surface area (Å²) < 4.78 is 0. The van der Waals surface area contributed by atoms with Gasteiger partial charge in [0.25, 0.3) is 0 Å². The van der Waals surface area contributed by atoms with Crippen LogP contribution in [0.15, 0.2) is 24.3 Å². The maximum atomic E-state index is 12.5. The predicted octanol–water partition coefficient (Wildman–Crippen LogP) is 3.36. The Labute approximate surface area is 144 Å². The normalized spacial score (nSPS) is 17.7. The Hall–Kier alpha value is -1.53. The molecule has 122 valence electrons. The van der Waals surface area contributed by atoms with Crippen molar-refractivity contribution in [3.8, 4) is 0 Å². The third kappa shape index (κ3) is 3.87. The van der Waals surface area contributed by atoms with Gasteiger partial charge in [0.15, 0.2) is 5.82 Å². The number of carbonyl (C=O) groups excluding carboxylic acids is 1. The Kier molecular flexibility index (Phi) is 5.23. The highest BCUT2D eigenvalue weighted by molar-refractivity contribution is 7.99. The monoisotopic (exact) mass is 350 g/mol. The highest BCUT2D eigenvalue weighted by Crippen LogP contribution is 2.30. The highest BCUT2D eigenvalue weighted by atomic mass is 35.5. The van der Waals surface area contributed by atoms with E-state index in [4.69, 9.17) is 11.6 Å². The van der Waals surface area contributed by atoms with E-state index >= 15 is 0 Å². The lowest BCUT2D eigenvalue weighted by Gasteiger charge is -2.22. The molecule has 1 N–H and O–H groups in total. The van der Waals surface area contributed by atoms with Crippen molar-refractivity contribution in [1.29, 1.82) is 0 Å². The number of aryl methyl sites for hydroxylation is 1. The lowest BCUT2D eigenvalue weighted by molar-refractivity contribution is -0.129. The van der Waals surface area contributed by atoms with E-state index in [9.17, 15) is 4.79 Å². The summed E-state index contributed by atoms with van der Waals surface area (Å²) in [4.78, 5) is 18.8. The summed E-state index contributed by atoms with van der Waals surface area (Å²) in [5.41, 5.74) is 1.06. The van der Waals surface area contributed by atoms with Crippen LogP contribution in [-0.4, -0.2) is 38.3 Å². The quantitative estimate of drug-likeness (QED) is 0.898. The molecule has 0 saturated carbocycles. The van der Waals surface area contributed by atoms with Crippen molar-refractivity contribution >= 4 is 29.3 Å². The summed E-state index contributed by atoms with van der Waals surface area (Å²) in [6.07, 6.45) is 1.93. The van der Waals surface area contributed by atoms with Crippen LogP contribution < -0.4 is 0 Å². The molecule has 5 nitrogen and oxygen atoms in total. The number of carbonyl (C=O) groups is 1. The molecule has 1 aromatic carbocycles. The molecule has 2 aromatic rings. The van der Waals surface area contributed by atoms with Gasteiger partial charge in [0.2, 0.25) is 5.91 Å². The molecule has 1 atom stereocenters. The number of nitrogens with zero attached hydrogens (tertiary/aromatic N) is 3. The highest BCUT2D eigenvalue weighted by Gasteiger charge is 2.32. The minimum absolute atomic E-state index is 0.00774. The largest absolute Gasteiger partial charge is 0.332 e. The van der Waals surface area contributed by atoms with E-state index < -0.39 is 0 Å². The Morgan fingerprint density at radius 3 is 3.04 bits per heavy atom. The van der Waals surface area contributed by atoms with Crippen LogP contribution >= 0.6 is 23.4 Å². The molecule has 1 aromatic heterocycles. The van der Waals surface area contributed by atoms with Gasteiger partial charge in [0.1, 0.15) is 5.82 Å². The van der Waals surface area contributed by atoms with E-state index in [1.54, 1.807) is 11.8 Å². The zero-order valence-electron chi connectivity index (χ0n) is 13.0. The van der Waals surface area contributed by atoms with Crippen molar-refractivity contribution in [2.45, 2.75) is 31.6 Å². The lowest BCUT2D eigenvalue weighted by atomic mass is 10.2. The number of benzene rings is 1. The number of halogens is 1. The van der Waals surface area contributed by atoms with Gasteiger partial charge >= 0.3 is 0 Å². The van der Waals surface area contributed by atoms with Crippen LogP contribution in [0.25, 0.3) is 0 Å². The SMILES string of the molecule is Cc1nc([C@H]2CCCN2C(=O)CSCc2ccccc2Cl)n[nH]1. The number of rotatable bonds is 5. The average Bonchev–Trinajstić information content (AvgIpc) is 3.17. The van der Waals surface area contributed by atoms with Gasteiger partial charge in [-0.3, -0.25) is 9.89 Å². The molecule has 1 aliphatic heterocycles. The van der Waals surface area contributed by atoms with Crippen molar-refractivity contribution in [1.82, 2.24) is 20.1 Å². The average molecular weight is 351 g/mol. The zero-order valence-corrected chi connectivity index (χ0v) is 14.5. The maximum Gasteiger partial charge on any atom is 0.233 e. The van der Waals surface area contributed by atoms with Gasteiger partial charge in [0, 0.05) is 17.3 Å². The smallest absolute Gasteiger partial charge is 0.233 e. The van der Waals surface area contributed by atoms with Gasteiger partial charge < -0.3 is 4.90 Å². The van der Waals surface area contributed by atoms with E-state index in [-0.39, 0.29) is 11.9 Å². The van der Waals surface area contributed by atoms with Crippen LogP contribution in [0.5, 0.6) is 0 Å². The summed E-state index contributed by atoms with van der Waals surface area (Å²) in [6.45, 7) is 2.65. The van der Waals surface area contributed by atoms with E-state index in [1.807, 2.05) is 36.1 Å². The Bertz CT molecular complexity index is 690. The van der Waals surface area contributed by atoms with Gasteiger partial charge in [-0.05, 0) is 31.4 Å². The summed E-state index contributed by atoms with van der Waals surface area (Å²) in [5.74, 6) is 2.85. The standard InChI is InChI=1S/C16H19ClN4OS/c1-11-18-16(20-19-11)14-7-4-8-21(14)15(22)10-23-9-12-5-2-3-6-13(12)17/h2-3,5-6,14H,4,7-10H2,1H3,(H,18,19,20)/t14-/m1/s1. The van der Waals surface area contributed by atoms with Gasteiger partial charge in [-0.25, -0.2) is 4.98 Å². The summed E-state index contributed by atoms with van der Waals surface area (Å²) in [7, 11) is 0. The van der Waals surface area contributed by atoms with Crippen LogP contribution in [0.1, 0.15) is 36.1 Å². The van der Waals surface area contributed by atoms with Crippen molar-refractivity contribution in [3.05, 3.63) is 46.5 Å². The Morgan fingerprint density at radius 1 is 1.48 bits per heavy atom. The molecule has 0 spiro atoms. The fourth-order valence-corrected chi connectivity index (χ4v) is 3.99. The van der Waals surface area contributed by atoms with Crippen molar-refractivity contribution in [2.24, 2.45) is 0 Å². The number of H-pyrrole nitrogens is 1. The first-order valence-corrected chi connectivity index (χ1v) is 9.18. The fraction of sp³-hybridized carbons (Fsp3) is 0.438. The summed E-state index contributed by atoms with van der Waals surface area (Å²) in [5, 5.41) is 7.83. The van der Waals surface area contributed by atoms with Gasteiger partial charge in [-0.15, -0.1) is 11.8 Å². The molecule has 1 fully saturated rings. The van der Waals surface area contributed by atoms with Gasteiger partial charge in [0.05, 0.1) is 11.8 Å². The van der Waals surface area contributed by atoms with E-state index in [0.29, 0.717) is 5.75 Å². The first-order valence-electron chi connectivity index (χ1n) is 7.64. The van der Waals surface area contributed by atoms with Crippen LogP contribution in [0, 0.1) is 6.92 Å². The van der Waals surface area contributed by atoms with Gasteiger partial charge in [-0.1, -0.05) is 29.8 Å².